The molecule has 1 aliphatic carbocycles. The van der Waals surface area contributed by atoms with Crippen LogP contribution < -0.4 is 9.80 Å². The molecular weight excluding hydrogens is 220 g/mol. The Labute approximate surface area is 113 Å². The van der Waals surface area contributed by atoms with Crippen LogP contribution in [-0.2, 0) is 0 Å². The van der Waals surface area contributed by atoms with Crippen LogP contribution in [0, 0.1) is 5.92 Å². The second-order valence-electron chi connectivity index (χ2n) is 6.28. The lowest BCUT2D eigenvalue weighted by Gasteiger charge is -2.35. The predicted molar refractivity (Wildman–Crippen MR) is 77.1 cm³/mol. The molecule has 1 heterocycles. The fourth-order valence-electron chi connectivity index (χ4n) is 3.85. The summed E-state index contributed by atoms with van der Waals surface area (Å²) in [5.74, 6) is 0.972. The number of allylic oxidation sites excluding steroid dienone is 2. The van der Waals surface area contributed by atoms with Gasteiger partial charge in [0, 0.05) is 5.92 Å². The Morgan fingerprint density at radius 3 is 2.33 bits per heavy atom. The zero-order chi connectivity index (χ0) is 12.8. The van der Waals surface area contributed by atoms with E-state index in [-0.39, 0.29) is 0 Å². The SMILES string of the molecule is CCC(CC)[NH+]1CC[NH+](CC2CC=CCC2)CC1. The highest BCUT2D eigenvalue weighted by atomic mass is 15.3. The summed E-state index contributed by atoms with van der Waals surface area (Å²) in [4.78, 5) is 3.76. The minimum atomic E-state index is 0.921. The van der Waals surface area contributed by atoms with E-state index in [1.54, 1.807) is 0 Å². The third kappa shape index (κ3) is 3.83. The highest BCUT2D eigenvalue weighted by molar-refractivity contribution is 4.89. The molecule has 2 N–H and O–H groups in total. The molecule has 18 heavy (non-hydrogen) atoms. The van der Waals surface area contributed by atoms with Crippen molar-refractivity contribution in [1.29, 1.82) is 0 Å². The molecule has 0 aromatic rings. The van der Waals surface area contributed by atoms with Crippen LogP contribution in [0.15, 0.2) is 12.2 Å². The Balaban J connectivity index is 1.71. The van der Waals surface area contributed by atoms with Gasteiger partial charge in [-0.2, -0.15) is 0 Å². The van der Waals surface area contributed by atoms with Gasteiger partial charge in [-0.15, -0.1) is 0 Å². The molecule has 0 aromatic heterocycles. The summed E-state index contributed by atoms with van der Waals surface area (Å²) in [5, 5.41) is 0. The normalized spacial score (nSPS) is 32.9. The van der Waals surface area contributed by atoms with Gasteiger partial charge in [-0.1, -0.05) is 26.0 Å². The maximum absolute atomic E-state index is 2.40. The summed E-state index contributed by atoms with van der Waals surface area (Å²) in [6, 6.07) is 0.921. The summed E-state index contributed by atoms with van der Waals surface area (Å²) in [6.45, 7) is 11.8. The molecule has 1 aliphatic heterocycles. The molecule has 1 saturated heterocycles. The molecule has 0 bridgehead atoms. The molecule has 0 saturated carbocycles. The van der Waals surface area contributed by atoms with E-state index < -0.39 is 0 Å². The first-order valence-corrected chi connectivity index (χ1v) is 8.16. The van der Waals surface area contributed by atoms with Crippen LogP contribution in [0.2, 0.25) is 0 Å². The van der Waals surface area contributed by atoms with Crippen LogP contribution in [0.1, 0.15) is 46.0 Å². The van der Waals surface area contributed by atoms with E-state index in [1.165, 1.54) is 64.8 Å². The maximum atomic E-state index is 2.40. The zero-order valence-corrected chi connectivity index (χ0v) is 12.4. The molecular formula is C16H32N2+2. The molecule has 1 atom stereocenters. The van der Waals surface area contributed by atoms with Crippen LogP contribution in [0.3, 0.4) is 0 Å². The quantitative estimate of drug-likeness (QED) is 0.652. The van der Waals surface area contributed by atoms with Gasteiger partial charge in [0.2, 0.25) is 0 Å². The first kappa shape index (κ1) is 14.1. The largest absolute Gasteiger partial charge is 0.325 e. The molecule has 0 aromatic carbocycles. The van der Waals surface area contributed by atoms with E-state index in [0.717, 1.165) is 12.0 Å². The minimum absolute atomic E-state index is 0.921. The smallest absolute Gasteiger partial charge is 0.127 e. The van der Waals surface area contributed by atoms with Gasteiger partial charge < -0.3 is 9.80 Å². The fraction of sp³-hybridized carbons (Fsp3) is 0.875. The Hall–Kier alpha value is -0.340. The lowest BCUT2D eigenvalue weighted by molar-refractivity contribution is -1.02. The highest BCUT2D eigenvalue weighted by Gasteiger charge is 2.28. The number of hydrogen-bond donors (Lipinski definition) is 2. The van der Waals surface area contributed by atoms with Crippen LogP contribution >= 0.6 is 0 Å². The van der Waals surface area contributed by atoms with Crippen molar-refractivity contribution in [2.45, 2.75) is 52.0 Å². The monoisotopic (exact) mass is 252 g/mol. The fourth-order valence-corrected chi connectivity index (χ4v) is 3.85. The third-order valence-electron chi connectivity index (χ3n) is 5.12. The first-order chi connectivity index (χ1) is 8.83. The first-order valence-electron chi connectivity index (χ1n) is 8.16. The van der Waals surface area contributed by atoms with Crippen LogP contribution in [0.4, 0.5) is 0 Å². The molecule has 1 unspecified atom stereocenters. The van der Waals surface area contributed by atoms with Crippen molar-refractivity contribution >= 4 is 0 Å². The summed E-state index contributed by atoms with van der Waals surface area (Å²) in [6.07, 6.45) is 11.6. The van der Waals surface area contributed by atoms with Crippen molar-refractivity contribution in [3.05, 3.63) is 12.2 Å². The molecule has 2 rings (SSSR count). The van der Waals surface area contributed by atoms with E-state index in [9.17, 15) is 0 Å². The van der Waals surface area contributed by atoms with Crippen LogP contribution in [0.25, 0.3) is 0 Å². The van der Waals surface area contributed by atoms with E-state index in [4.69, 9.17) is 0 Å². The molecule has 1 fully saturated rings. The Morgan fingerprint density at radius 2 is 1.78 bits per heavy atom. The Bertz CT molecular complexity index is 250. The molecule has 0 radical (unpaired) electrons. The second-order valence-corrected chi connectivity index (χ2v) is 6.28. The van der Waals surface area contributed by atoms with Gasteiger partial charge in [-0.05, 0) is 32.1 Å². The van der Waals surface area contributed by atoms with E-state index in [1.807, 2.05) is 9.80 Å². The Kier molecular flexibility index (Phi) is 5.71. The lowest BCUT2D eigenvalue weighted by atomic mass is 9.93. The number of nitrogens with one attached hydrogen (secondary N) is 2. The van der Waals surface area contributed by atoms with Crippen molar-refractivity contribution in [3.8, 4) is 0 Å². The number of hydrogen-bond acceptors (Lipinski definition) is 0. The van der Waals surface area contributed by atoms with Gasteiger partial charge in [0.05, 0.1) is 12.6 Å². The van der Waals surface area contributed by atoms with Gasteiger partial charge >= 0.3 is 0 Å². The van der Waals surface area contributed by atoms with Crippen molar-refractivity contribution in [2.24, 2.45) is 5.92 Å². The topological polar surface area (TPSA) is 8.88 Å². The molecule has 2 aliphatic rings. The summed E-state index contributed by atoms with van der Waals surface area (Å²) in [5.41, 5.74) is 0. The number of quaternary nitrogens is 2. The van der Waals surface area contributed by atoms with Crippen molar-refractivity contribution in [1.82, 2.24) is 0 Å². The summed E-state index contributed by atoms with van der Waals surface area (Å²) >= 11 is 0. The van der Waals surface area contributed by atoms with Crippen LogP contribution in [0.5, 0.6) is 0 Å². The summed E-state index contributed by atoms with van der Waals surface area (Å²) in [7, 11) is 0. The summed E-state index contributed by atoms with van der Waals surface area (Å²) < 4.78 is 0. The molecule has 2 heteroatoms. The van der Waals surface area contributed by atoms with Crippen LogP contribution in [-0.4, -0.2) is 38.8 Å². The zero-order valence-electron chi connectivity index (χ0n) is 12.4. The Morgan fingerprint density at radius 1 is 1.06 bits per heavy atom. The van der Waals surface area contributed by atoms with Gasteiger partial charge in [0.1, 0.15) is 26.2 Å². The average molecular weight is 252 g/mol. The molecule has 0 amide bonds. The maximum Gasteiger partial charge on any atom is 0.127 e. The van der Waals surface area contributed by atoms with Crippen molar-refractivity contribution < 1.29 is 9.80 Å². The predicted octanol–water partition coefficient (Wildman–Crippen LogP) is 0.315. The third-order valence-corrected chi connectivity index (χ3v) is 5.12. The van der Waals surface area contributed by atoms with Gasteiger partial charge in [-0.3, -0.25) is 0 Å². The molecule has 0 spiro atoms. The standard InChI is InChI=1S/C16H30N2/c1-3-16(4-2)18-12-10-17(11-13-18)14-15-8-6-5-7-9-15/h5-6,15-16H,3-4,7-14H2,1-2H3/p+2. The van der Waals surface area contributed by atoms with Crippen molar-refractivity contribution in [3.63, 3.8) is 0 Å². The van der Waals surface area contributed by atoms with E-state index in [0.29, 0.717) is 0 Å². The second kappa shape index (κ2) is 7.30. The number of piperazine rings is 1. The molecule has 2 nitrogen and oxygen atoms in total. The van der Waals surface area contributed by atoms with Crippen molar-refractivity contribution in [2.75, 3.05) is 32.7 Å². The van der Waals surface area contributed by atoms with Gasteiger partial charge in [0.25, 0.3) is 0 Å². The minimum Gasteiger partial charge on any atom is -0.325 e. The molecule has 104 valence electrons. The van der Waals surface area contributed by atoms with Gasteiger partial charge in [0.15, 0.2) is 0 Å². The lowest BCUT2D eigenvalue weighted by Crippen LogP contribution is -3.29. The average Bonchev–Trinajstić information content (AvgIpc) is 2.43. The van der Waals surface area contributed by atoms with E-state index in [2.05, 4.69) is 26.0 Å². The van der Waals surface area contributed by atoms with Gasteiger partial charge in [-0.25, -0.2) is 0 Å². The number of rotatable bonds is 5. The van der Waals surface area contributed by atoms with E-state index >= 15 is 0 Å². The highest BCUT2D eigenvalue weighted by Crippen LogP contribution is 2.15.